The van der Waals surface area contributed by atoms with E-state index in [0.717, 1.165) is 6.42 Å². The lowest BCUT2D eigenvalue weighted by Crippen LogP contribution is -2.42. The van der Waals surface area contributed by atoms with Gasteiger partial charge in [-0.3, -0.25) is 9.35 Å². The second kappa shape index (κ2) is 5.99. The zero-order valence-electron chi connectivity index (χ0n) is 13.2. The molecule has 21 heavy (non-hydrogen) atoms. The SMILES string of the molecule is C1CCCCC1.CC1(C)C2CCC1(CS(=O)(=O)O)C(=O)C2. The highest BCUT2D eigenvalue weighted by molar-refractivity contribution is 7.85. The van der Waals surface area contributed by atoms with Crippen LogP contribution < -0.4 is 0 Å². The molecule has 0 aromatic carbocycles. The maximum absolute atomic E-state index is 11.9. The maximum atomic E-state index is 11.9. The van der Waals surface area contributed by atoms with Crippen LogP contribution in [0.15, 0.2) is 0 Å². The first-order valence-corrected chi connectivity index (χ1v) is 9.78. The molecule has 2 atom stereocenters. The molecule has 3 aliphatic carbocycles. The summed E-state index contributed by atoms with van der Waals surface area (Å²) in [6, 6.07) is 0. The van der Waals surface area contributed by atoms with Crippen molar-refractivity contribution in [2.75, 3.05) is 5.75 Å². The number of carbonyl (C=O) groups is 1. The molecule has 3 fully saturated rings. The third-order valence-corrected chi connectivity index (χ3v) is 6.93. The largest absolute Gasteiger partial charge is 0.299 e. The van der Waals surface area contributed by atoms with Crippen molar-refractivity contribution in [2.24, 2.45) is 16.7 Å². The van der Waals surface area contributed by atoms with E-state index < -0.39 is 21.3 Å². The molecule has 5 heteroatoms. The van der Waals surface area contributed by atoms with E-state index in [2.05, 4.69) is 0 Å². The van der Waals surface area contributed by atoms with Gasteiger partial charge in [-0.05, 0) is 24.2 Å². The Bertz CT molecular complexity index is 479. The average molecular weight is 316 g/mol. The van der Waals surface area contributed by atoms with Crippen molar-refractivity contribution in [1.82, 2.24) is 0 Å². The van der Waals surface area contributed by atoms with Crippen LogP contribution in [0.3, 0.4) is 0 Å². The Kier molecular flexibility index (Phi) is 4.84. The third kappa shape index (κ3) is 3.34. The summed E-state index contributed by atoms with van der Waals surface area (Å²) >= 11 is 0. The minimum atomic E-state index is -4.08. The van der Waals surface area contributed by atoms with Crippen molar-refractivity contribution in [2.45, 2.75) is 71.6 Å². The number of rotatable bonds is 2. The number of carbonyl (C=O) groups excluding carboxylic acids is 1. The summed E-state index contributed by atoms with van der Waals surface area (Å²) in [5.74, 6) is -0.101. The highest BCUT2D eigenvalue weighted by Gasteiger charge is 2.65. The fraction of sp³-hybridized carbons (Fsp3) is 0.938. The van der Waals surface area contributed by atoms with E-state index in [1.165, 1.54) is 38.5 Å². The van der Waals surface area contributed by atoms with E-state index in [-0.39, 0.29) is 17.1 Å². The minimum Gasteiger partial charge on any atom is -0.299 e. The third-order valence-electron chi connectivity index (χ3n) is 6.07. The van der Waals surface area contributed by atoms with E-state index in [1.54, 1.807) is 0 Å². The maximum Gasteiger partial charge on any atom is 0.265 e. The summed E-state index contributed by atoms with van der Waals surface area (Å²) in [6.45, 7) is 3.89. The first-order chi connectivity index (χ1) is 9.69. The lowest BCUT2D eigenvalue weighted by Gasteiger charge is -2.35. The van der Waals surface area contributed by atoms with Gasteiger partial charge in [0, 0.05) is 6.42 Å². The van der Waals surface area contributed by atoms with Gasteiger partial charge in [0.25, 0.3) is 10.1 Å². The zero-order valence-corrected chi connectivity index (χ0v) is 14.0. The molecule has 2 bridgehead atoms. The quantitative estimate of drug-likeness (QED) is 0.790. The molecule has 0 aromatic rings. The molecule has 3 saturated carbocycles. The molecule has 0 heterocycles. The van der Waals surface area contributed by atoms with Crippen LogP contribution in [0.4, 0.5) is 0 Å². The summed E-state index contributed by atoms with van der Waals surface area (Å²) < 4.78 is 31.0. The van der Waals surface area contributed by atoms with Crippen LogP contribution in [-0.2, 0) is 14.9 Å². The molecule has 0 aliphatic heterocycles. The predicted octanol–water partition coefficient (Wildman–Crippen LogP) is 3.61. The van der Waals surface area contributed by atoms with Crippen LogP contribution in [0, 0.1) is 16.7 Å². The van der Waals surface area contributed by atoms with E-state index in [9.17, 15) is 13.2 Å². The standard InChI is InChI=1S/C10H16O4S.C6H12/c1-9(2)7-3-4-10(9,8(11)5-7)6-15(12,13)14;1-2-4-6-5-3-1/h7H,3-6H2,1-2H3,(H,12,13,14);1-6H2. The lowest BCUT2D eigenvalue weighted by atomic mass is 9.70. The van der Waals surface area contributed by atoms with Gasteiger partial charge < -0.3 is 0 Å². The summed E-state index contributed by atoms with van der Waals surface area (Å²) in [6.07, 6.45) is 11.0. The fourth-order valence-electron chi connectivity index (χ4n) is 4.48. The molecule has 0 aromatic heterocycles. The van der Waals surface area contributed by atoms with Crippen molar-refractivity contribution in [3.63, 3.8) is 0 Å². The van der Waals surface area contributed by atoms with E-state index in [0.29, 0.717) is 12.8 Å². The first kappa shape index (κ1) is 16.9. The molecule has 3 aliphatic rings. The summed E-state index contributed by atoms with van der Waals surface area (Å²) in [5, 5.41) is 0. The molecule has 3 rings (SSSR count). The molecule has 0 spiro atoms. The molecule has 4 nitrogen and oxygen atoms in total. The van der Waals surface area contributed by atoms with Gasteiger partial charge in [-0.2, -0.15) is 8.42 Å². The van der Waals surface area contributed by atoms with E-state index in [4.69, 9.17) is 4.55 Å². The Morgan fingerprint density at radius 3 is 1.86 bits per heavy atom. The Balaban J connectivity index is 0.000000225. The first-order valence-electron chi connectivity index (χ1n) is 8.17. The Labute approximate surface area is 128 Å². The Morgan fingerprint density at radius 2 is 1.57 bits per heavy atom. The van der Waals surface area contributed by atoms with Crippen molar-refractivity contribution in [3.05, 3.63) is 0 Å². The van der Waals surface area contributed by atoms with Gasteiger partial charge in [-0.1, -0.05) is 52.4 Å². The van der Waals surface area contributed by atoms with Crippen LogP contribution in [0.25, 0.3) is 0 Å². The second-order valence-corrected chi connectivity index (χ2v) is 8.97. The van der Waals surface area contributed by atoms with Gasteiger partial charge in [0.1, 0.15) is 5.78 Å². The van der Waals surface area contributed by atoms with Crippen LogP contribution >= 0.6 is 0 Å². The summed E-state index contributed by atoms with van der Waals surface area (Å²) in [5.41, 5.74) is -1.12. The normalized spacial score (nSPS) is 34.4. The van der Waals surface area contributed by atoms with Crippen LogP contribution in [0.2, 0.25) is 0 Å². The highest BCUT2D eigenvalue weighted by atomic mass is 32.2. The van der Waals surface area contributed by atoms with Gasteiger partial charge in [-0.15, -0.1) is 0 Å². The molecule has 122 valence electrons. The Hall–Kier alpha value is -0.420. The van der Waals surface area contributed by atoms with Crippen molar-refractivity contribution in [1.29, 1.82) is 0 Å². The zero-order chi connectivity index (χ0) is 15.7. The Morgan fingerprint density at radius 1 is 1.10 bits per heavy atom. The highest BCUT2D eigenvalue weighted by Crippen LogP contribution is 2.64. The summed E-state index contributed by atoms with van der Waals surface area (Å²) in [4.78, 5) is 11.9. The fourth-order valence-corrected chi connectivity index (χ4v) is 5.78. The van der Waals surface area contributed by atoms with Crippen LogP contribution in [0.1, 0.15) is 71.6 Å². The van der Waals surface area contributed by atoms with Crippen molar-refractivity contribution >= 4 is 15.9 Å². The average Bonchev–Trinajstić information content (AvgIpc) is 2.73. The van der Waals surface area contributed by atoms with Crippen molar-refractivity contribution < 1.29 is 17.8 Å². The van der Waals surface area contributed by atoms with E-state index in [1.807, 2.05) is 13.8 Å². The molecular formula is C16H28O4S. The van der Waals surface area contributed by atoms with Gasteiger partial charge in [0.2, 0.25) is 0 Å². The topological polar surface area (TPSA) is 71.4 Å². The summed E-state index contributed by atoms with van der Waals surface area (Å²) in [7, 11) is -4.08. The van der Waals surface area contributed by atoms with Gasteiger partial charge in [0.15, 0.2) is 0 Å². The molecule has 0 amide bonds. The molecule has 0 radical (unpaired) electrons. The van der Waals surface area contributed by atoms with Crippen LogP contribution in [-0.4, -0.2) is 24.5 Å². The van der Waals surface area contributed by atoms with Gasteiger partial charge >= 0.3 is 0 Å². The number of fused-ring (bicyclic) bond motifs is 2. The molecular weight excluding hydrogens is 288 g/mol. The molecule has 2 unspecified atom stereocenters. The number of hydrogen-bond acceptors (Lipinski definition) is 3. The number of Topliss-reactive ketones (excluding diaryl/α,β-unsaturated/α-hetero) is 1. The predicted molar refractivity (Wildman–Crippen MR) is 82.7 cm³/mol. The van der Waals surface area contributed by atoms with Gasteiger partial charge in [-0.25, -0.2) is 0 Å². The van der Waals surface area contributed by atoms with Crippen molar-refractivity contribution in [3.8, 4) is 0 Å². The van der Waals surface area contributed by atoms with Gasteiger partial charge in [0.05, 0.1) is 11.2 Å². The monoisotopic (exact) mass is 316 g/mol. The second-order valence-electron chi connectivity index (χ2n) is 7.51. The number of hydrogen-bond donors (Lipinski definition) is 1. The smallest absolute Gasteiger partial charge is 0.265 e. The lowest BCUT2D eigenvalue weighted by molar-refractivity contribution is -0.128. The molecule has 0 saturated heterocycles. The minimum absolute atomic E-state index is 0.0152. The molecule has 1 N–H and O–H groups in total. The van der Waals surface area contributed by atoms with E-state index >= 15 is 0 Å². The number of ketones is 1. The van der Waals surface area contributed by atoms with Crippen LogP contribution in [0.5, 0.6) is 0 Å².